The second kappa shape index (κ2) is 5.46. The van der Waals surface area contributed by atoms with Crippen LogP contribution in [0.15, 0.2) is 22.8 Å². The van der Waals surface area contributed by atoms with Crippen LogP contribution in [0.1, 0.15) is 31.4 Å². The molecule has 1 aliphatic rings. The number of hydrogen-bond acceptors (Lipinski definition) is 3. The van der Waals surface area contributed by atoms with Crippen molar-refractivity contribution in [3.63, 3.8) is 0 Å². The summed E-state index contributed by atoms with van der Waals surface area (Å²) in [7, 11) is 1.72. The van der Waals surface area contributed by atoms with Gasteiger partial charge in [0, 0.05) is 36.3 Å². The van der Waals surface area contributed by atoms with Gasteiger partial charge >= 0.3 is 0 Å². The molecular weight excluding hydrogens is 282 g/mol. The predicted molar refractivity (Wildman–Crippen MR) is 69.9 cm³/mol. The fraction of sp³-hybridized carbons (Fsp3) is 0.615. The van der Waals surface area contributed by atoms with Crippen LogP contribution in [-0.4, -0.2) is 28.9 Å². The van der Waals surface area contributed by atoms with E-state index in [9.17, 15) is 5.11 Å². The van der Waals surface area contributed by atoms with Crippen molar-refractivity contribution in [3.8, 4) is 0 Å². The van der Waals surface area contributed by atoms with Gasteiger partial charge in [0.05, 0.1) is 11.7 Å². The Labute approximate surface area is 110 Å². The fourth-order valence-electron chi connectivity index (χ4n) is 2.50. The van der Waals surface area contributed by atoms with Gasteiger partial charge in [0.2, 0.25) is 0 Å². The molecule has 1 aromatic heterocycles. The summed E-state index contributed by atoms with van der Waals surface area (Å²) >= 11 is 3.36. The zero-order chi connectivity index (χ0) is 12.3. The van der Waals surface area contributed by atoms with Crippen molar-refractivity contribution in [2.24, 2.45) is 0 Å². The zero-order valence-electron chi connectivity index (χ0n) is 10.0. The van der Waals surface area contributed by atoms with Crippen LogP contribution in [0.2, 0.25) is 0 Å². The molecule has 17 heavy (non-hydrogen) atoms. The molecule has 2 rings (SSSR count). The van der Waals surface area contributed by atoms with Gasteiger partial charge in [0.1, 0.15) is 0 Å². The highest BCUT2D eigenvalue weighted by atomic mass is 79.9. The Morgan fingerprint density at radius 3 is 3.06 bits per heavy atom. The van der Waals surface area contributed by atoms with E-state index < -0.39 is 5.60 Å². The summed E-state index contributed by atoms with van der Waals surface area (Å²) in [6, 6.07) is 3.92. The normalized spacial score (nSPS) is 29.2. The number of rotatable bonds is 3. The van der Waals surface area contributed by atoms with E-state index in [4.69, 9.17) is 4.74 Å². The smallest absolute Gasteiger partial charge is 0.0727 e. The molecular formula is C13H18BrNO2. The Kier molecular flexibility index (Phi) is 4.17. The lowest BCUT2D eigenvalue weighted by Gasteiger charge is -2.36. The number of pyridine rings is 1. The summed E-state index contributed by atoms with van der Waals surface area (Å²) in [5.41, 5.74) is 0.284. The minimum Gasteiger partial charge on any atom is -0.389 e. The van der Waals surface area contributed by atoms with Gasteiger partial charge in [-0.2, -0.15) is 0 Å². The first-order valence-electron chi connectivity index (χ1n) is 5.97. The maximum atomic E-state index is 10.6. The van der Waals surface area contributed by atoms with Gasteiger partial charge in [-0.1, -0.05) is 0 Å². The van der Waals surface area contributed by atoms with E-state index in [1.165, 1.54) is 0 Å². The van der Waals surface area contributed by atoms with Crippen LogP contribution in [0.5, 0.6) is 0 Å². The van der Waals surface area contributed by atoms with E-state index in [-0.39, 0.29) is 6.10 Å². The Hall–Kier alpha value is -0.450. The van der Waals surface area contributed by atoms with Gasteiger partial charge in [-0.15, -0.1) is 0 Å². The van der Waals surface area contributed by atoms with Crippen molar-refractivity contribution in [2.45, 2.75) is 43.8 Å². The third-order valence-corrected chi connectivity index (χ3v) is 3.88. The average molecular weight is 300 g/mol. The van der Waals surface area contributed by atoms with Crippen LogP contribution < -0.4 is 0 Å². The molecule has 1 aromatic rings. The number of nitrogens with zero attached hydrogens (tertiary/aromatic N) is 1. The first-order valence-corrected chi connectivity index (χ1v) is 6.76. The van der Waals surface area contributed by atoms with E-state index >= 15 is 0 Å². The minimum absolute atomic E-state index is 0.184. The SMILES string of the molecule is COC1CCCC(O)(Cc2ccc(Br)cn2)C1. The topological polar surface area (TPSA) is 42.4 Å². The molecule has 0 aromatic carbocycles. The number of methoxy groups -OCH3 is 1. The van der Waals surface area contributed by atoms with E-state index in [0.717, 1.165) is 29.4 Å². The molecule has 0 amide bonds. The molecule has 1 aliphatic carbocycles. The van der Waals surface area contributed by atoms with Crippen LogP contribution in [0.25, 0.3) is 0 Å². The number of aliphatic hydroxyl groups is 1. The van der Waals surface area contributed by atoms with E-state index in [2.05, 4.69) is 20.9 Å². The summed E-state index contributed by atoms with van der Waals surface area (Å²) in [4.78, 5) is 4.32. The Morgan fingerprint density at radius 2 is 2.41 bits per heavy atom. The molecule has 1 saturated carbocycles. The van der Waals surface area contributed by atoms with Crippen LogP contribution in [-0.2, 0) is 11.2 Å². The molecule has 2 unspecified atom stereocenters. The molecule has 1 heterocycles. The van der Waals surface area contributed by atoms with Crippen LogP contribution >= 0.6 is 15.9 Å². The second-order valence-electron chi connectivity index (χ2n) is 4.82. The van der Waals surface area contributed by atoms with Gasteiger partial charge in [-0.3, -0.25) is 4.98 Å². The average Bonchev–Trinajstić information content (AvgIpc) is 2.32. The lowest BCUT2D eigenvalue weighted by molar-refractivity contribution is -0.0586. The van der Waals surface area contributed by atoms with Gasteiger partial charge in [-0.05, 0) is 47.3 Å². The van der Waals surface area contributed by atoms with Crippen molar-refractivity contribution in [1.29, 1.82) is 0 Å². The highest BCUT2D eigenvalue weighted by Gasteiger charge is 2.34. The van der Waals surface area contributed by atoms with Gasteiger partial charge in [-0.25, -0.2) is 0 Å². The molecule has 0 aliphatic heterocycles. The van der Waals surface area contributed by atoms with Gasteiger partial charge in [0.25, 0.3) is 0 Å². The van der Waals surface area contributed by atoms with Gasteiger partial charge in [0.15, 0.2) is 0 Å². The summed E-state index contributed by atoms with van der Waals surface area (Å²) in [6.07, 6.45) is 6.18. The Balaban J connectivity index is 2.03. The van der Waals surface area contributed by atoms with Gasteiger partial charge < -0.3 is 9.84 Å². The molecule has 0 radical (unpaired) electrons. The number of ether oxygens (including phenoxy) is 1. The number of aromatic nitrogens is 1. The largest absolute Gasteiger partial charge is 0.389 e. The lowest BCUT2D eigenvalue weighted by Crippen LogP contribution is -2.40. The molecule has 2 atom stereocenters. The maximum absolute atomic E-state index is 10.6. The monoisotopic (exact) mass is 299 g/mol. The third-order valence-electron chi connectivity index (χ3n) is 3.41. The molecule has 1 N–H and O–H groups in total. The number of hydrogen-bond donors (Lipinski definition) is 1. The van der Waals surface area contributed by atoms with E-state index in [0.29, 0.717) is 12.8 Å². The summed E-state index contributed by atoms with van der Waals surface area (Å²) in [6.45, 7) is 0. The van der Waals surface area contributed by atoms with Crippen molar-refractivity contribution in [2.75, 3.05) is 7.11 Å². The summed E-state index contributed by atoms with van der Waals surface area (Å²) in [5.74, 6) is 0. The molecule has 3 nitrogen and oxygen atoms in total. The maximum Gasteiger partial charge on any atom is 0.0727 e. The molecule has 4 heteroatoms. The third kappa shape index (κ3) is 3.50. The van der Waals surface area contributed by atoms with Crippen molar-refractivity contribution in [3.05, 3.63) is 28.5 Å². The zero-order valence-corrected chi connectivity index (χ0v) is 11.6. The molecule has 0 spiro atoms. The number of halogens is 1. The fourth-order valence-corrected chi connectivity index (χ4v) is 2.73. The highest BCUT2D eigenvalue weighted by Crippen LogP contribution is 2.32. The highest BCUT2D eigenvalue weighted by molar-refractivity contribution is 9.10. The second-order valence-corrected chi connectivity index (χ2v) is 5.74. The molecule has 94 valence electrons. The Morgan fingerprint density at radius 1 is 1.59 bits per heavy atom. The Bertz CT molecular complexity index is 368. The molecule has 0 bridgehead atoms. The lowest BCUT2D eigenvalue weighted by atomic mass is 9.80. The van der Waals surface area contributed by atoms with Crippen molar-refractivity contribution >= 4 is 15.9 Å². The van der Waals surface area contributed by atoms with E-state index in [1.54, 1.807) is 13.3 Å². The molecule has 0 saturated heterocycles. The van der Waals surface area contributed by atoms with E-state index in [1.807, 2.05) is 12.1 Å². The minimum atomic E-state index is -0.653. The van der Waals surface area contributed by atoms with Crippen LogP contribution in [0, 0.1) is 0 Å². The van der Waals surface area contributed by atoms with Crippen molar-refractivity contribution < 1.29 is 9.84 Å². The summed E-state index contributed by atoms with van der Waals surface area (Å²) in [5, 5.41) is 10.6. The quantitative estimate of drug-likeness (QED) is 0.933. The van der Waals surface area contributed by atoms with Crippen molar-refractivity contribution in [1.82, 2.24) is 4.98 Å². The first-order chi connectivity index (χ1) is 8.11. The first kappa shape index (κ1) is 13.0. The van der Waals surface area contributed by atoms with Crippen LogP contribution in [0.3, 0.4) is 0 Å². The molecule has 1 fully saturated rings. The summed E-state index contributed by atoms with van der Waals surface area (Å²) < 4.78 is 6.32. The standard InChI is InChI=1S/C13H18BrNO2/c1-17-12-3-2-6-13(16,8-12)7-11-5-4-10(14)9-15-11/h4-5,9,12,16H,2-3,6-8H2,1H3. The van der Waals surface area contributed by atoms with Crippen LogP contribution in [0.4, 0.5) is 0 Å². The predicted octanol–water partition coefficient (Wildman–Crippen LogP) is 2.71.